The van der Waals surface area contributed by atoms with Crippen LogP contribution in [-0.4, -0.2) is 29.9 Å². The first-order valence-electron chi connectivity index (χ1n) is 25.6. The van der Waals surface area contributed by atoms with Crippen LogP contribution in [0.5, 0.6) is 0 Å². The summed E-state index contributed by atoms with van der Waals surface area (Å²) < 4.78 is 0. The molecule has 2 aromatic heterocycles. The van der Waals surface area contributed by atoms with Crippen LogP contribution in [0, 0.1) is 0 Å². The van der Waals surface area contributed by atoms with E-state index < -0.39 is 5.41 Å². The van der Waals surface area contributed by atoms with Gasteiger partial charge < -0.3 is 0 Å². The van der Waals surface area contributed by atoms with Crippen LogP contribution in [0.15, 0.2) is 255 Å². The summed E-state index contributed by atoms with van der Waals surface area (Å²) in [5, 5.41) is 0. The summed E-state index contributed by atoms with van der Waals surface area (Å²) in [4.78, 5) is 31.6. The molecule has 6 nitrogen and oxygen atoms in total. The van der Waals surface area contributed by atoms with Crippen molar-refractivity contribution in [1.82, 2.24) is 29.9 Å². The predicted molar refractivity (Wildman–Crippen MR) is 298 cm³/mol. The molecule has 0 amide bonds. The maximum absolute atomic E-state index is 5.55. The van der Waals surface area contributed by atoms with E-state index in [-0.39, 0.29) is 11.8 Å². The second-order valence-electron chi connectivity index (χ2n) is 19.6. The smallest absolute Gasteiger partial charge is 0.164 e. The molecule has 6 heteroatoms. The van der Waals surface area contributed by atoms with Gasteiger partial charge in [-0.05, 0) is 78.9 Å². The molecular formula is C69H44N6. The van der Waals surface area contributed by atoms with Gasteiger partial charge in [-0.15, -0.1) is 0 Å². The third-order valence-corrected chi connectivity index (χ3v) is 15.6. The highest BCUT2D eigenvalue weighted by Gasteiger charge is 2.48. The summed E-state index contributed by atoms with van der Waals surface area (Å²) >= 11 is 0. The predicted octanol–water partition coefficient (Wildman–Crippen LogP) is 15.4. The maximum Gasteiger partial charge on any atom is 0.164 e. The number of benzene rings is 10. The van der Waals surface area contributed by atoms with Crippen molar-refractivity contribution >= 4 is 0 Å². The molecule has 350 valence electrons. The van der Waals surface area contributed by atoms with Crippen LogP contribution in [0.4, 0.5) is 0 Å². The van der Waals surface area contributed by atoms with Gasteiger partial charge in [0.15, 0.2) is 34.9 Å². The zero-order valence-electron chi connectivity index (χ0n) is 40.6. The Morgan fingerprint density at radius 2 is 0.587 bits per heavy atom. The van der Waals surface area contributed by atoms with E-state index in [9.17, 15) is 0 Å². The van der Waals surface area contributed by atoms with Crippen molar-refractivity contribution in [1.29, 1.82) is 0 Å². The molecule has 10 aromatic carbocycles. The van der Waals surface area contributed by atoms with Crippen molar-refractivity contribution in [2.45, 2.75) is 17.3 Å². The second kappa shape index (κ2) is 17.2. The van der Waals surface area contributed by atoms with Gasteiger partial charge in [-0.3, -0.25) is 0 Å². The molecule has 0 radical (unpaired) electrons. The highest BCUT2D eigenvalue weighted by atomic mass is 15.0. The van der Waals surface area contributed by atoms with E-state index >= 15 is 0 Å². The molecule has 2 heterocycles. The number of fused-ring (bicyclic) bond motifs is 3. The fourth-order valence-corrected chi connectivity index (χ4v) is 12.5. The molecular weight excluding hydrogens is 913 g/mol. The number of hydrogen-bond donors (Lipinski definition) is 0. The first-order chi connectivity index (χ1) is 37.2. The Labute approximate surface area is 434 Å². The van der Waals surface area contributed by atoms with Gasteiger partial charge >= 0.3 is 0 Å². The van der Waals surface area contributed by atoms with Crippen molar-refractivity contribution in [3.63, 3.8) is 0 Å². The van der Waals surface area contributed by atoms with Gasteiger partial charge in [0, 0.05) is 45.2 Å². The molecule has 0 saturated heterocycles. The summed E-state index contributed by atoms with van der Waals surface area (Å²) in [6, 6.07) is 90.6. The van der Waals surface area contributed by atoms with Crippen molar-refractivity contribution in [2.24, 2.45) is 0 Å². The number of rotatable bonds is 8. The quantitative estimate of drug-likeness (QED) is 0.151. The fourth-order valence-electron chi connectivity index (χ4n) is 12.5. The first-order valence-corrected chi connectivity index (χ1v) is 25.6. The Balaban J connectivity index is 0.896. The molecule has 0 spiro atoms. The Morgan fingerprint density at radius 1 is 0.240 bits per heavy atom. The molecule has 0 aliphatic heterocycles. The van der Waals surface area contributed by atoms with Crippen LogP contribution in [0.25, 0.3) is 79.5 Å². The molecule has 0 saturated carbocycles. The summed E-state index contributed by atoms with van der Waals surface area (Å²) in [6.45, 7) is 0. The van der Waals surface area contributed by atoms with Crippen molar-refractivity contribution < 1.29 is 0 Å². The Morgan fingerprint density at radius 3 is 1.05 bits per heavy atom. The van der Waals surface area contributed by atoms with Crippen molar-refractivity contribution in [3.8, 4) is 79.5 Å². The van der Waals surface area contributed by atoms with E-state index in [0.717, 1.165) is 33.4 Å². The monoisotopic (exact) mass is 956 g/mol. The average molecular weight is 957 g/mol. The van der Waals surface area contributed by atoms with Gasteiger partial charge in [0.2, 0.25) is 0 Å². The molecule has 75 heavy (non-hydrogen) atoms. The highest BCUT2D eigenvalue weighted by molar-refractivity contribution is 5.92. The maximum atomic E-state index is 5.55. The van der Waals surface area contributed by atoms with Gasteiger partial charge in [0.1, 0.15) is 0 Å². The van der Waals surface area contributed by atoms with Gasteiger partial charge in [-0.25, -0.2) is 29.9 Å². The average Bonchev–Trinajstić information content (AvgIpc) is 3.84. The zero-order valence-corrected chi connectivity index (χ0v) is 40.6. The SMILES string of the molecule is c1ccc(-c2nc(-c3ccccc3)nc(-c3ccc4c(c3)C3c5ccccc5C4c4cc(-c5nc(-c6ccccc6)nc(-c6cccc7c6C(c6ccccc6)(c6ccccc6)c6ccccc6-7)n5)ccc43)n2)cc1. The van der Waals surface area contributed by atoms with Crippen LogP contribution >= 0.6 is 0 Å². The lowest BCUT2D eigenvalue weighted by Gasteiger charge is -2.42. The number of nitrogens with zero attached hydrogens (tertiary/aromatic N) is 6. The number of aromatic nitrogens is 6. The van der Waals surface area contributed by atoms with Crippen LogP contribution in [-0.2, 0) is 5.41 Å². The van der Waals surface area contributed by atoms with Gasteiger partial charge in [0.25, 0.3) is 0 Å². The lowest BCUT2D eigenvalue weighted by atomic mass is 9.61. The molecule has 16 rings (SSSR count). The van der Waals surface area contributed by atoms with E-state index in [1.165, 1.54) is 66.8 Å². The largest absolute Gasteiger partial charge is 0.208 e. The second-order valence-corrected chi connectivity index (χ2v) is 19.6. The standard InChI is InChI=1S/C69H44N6/c1-6-21-43(22-7-1)63-70-64(44-23-8-2-9-24-44)72-66(71-63)46-37-39-53-57(41-46)60-51-32-16-17-33-52(51)61(53)58-42-47(38-40-54(58)60)67-73-65(45-25-10-3-11-26-45)74-68(75-67)56-35-20-34-55-50-31-18-19-36-59(50)69(62(55)56,48-27-12-4-13-28-48)49-29-14-5-15-30-49/h1-42,60-61H. The minimum absolute atomic E-state index is 0.000610. The van der Waals surface area contributed by atoms with E-state index in [1.807, 2.05) is 54.6 Å². The normalized spacial score (nSPS) is 15.0. The van der Waals surface area contributed by atoms with Crippen LogP contribution < -0.4 is 0 Å². The third kappa shape index (κ3) is 6.73. The summed E-state index contributed by atoms with van der Waals surface area (Å²) in [5.41, 5.74) is 20.0. The number of hydrogen-bond acceptors (Lipinski definition) is 6. The van der Waals surface area contributed by atoms with Gasteiger partial charge in [0.05, 0.1) is 5.41 Å². The van der Waals surface area contributed by atoms with E-state index in [1.54, 1.807) is 0 Å². The molecule has 0 N–H and O–H groups in total. The molecule has 2 bridgehead atoms. The lowest BCUT2D eigenvalue weighted by molar-refractivity contribution is 0.754. The fraction of sp³-hybridized carbons (Fsp3) is 0.0435. The Kier molecular flexibility index (Phi) is 9.82. The molecule has 4 aliphatic rings. The van der Waals surface area contributed by atoms with E-state index in [2.05, 4.69) is 200 Å². The lowest BCUT2D eigenvalue weighted by Crippen LogP contribution is -2.29. The van der Waals surface area contributed by atoms with Crippen LogP contribution in [0.3, 0.4) is 0 Å². The molecule has 2 atom stereocenters. The molecule has 12 aromatic rings. The molecule has 0 fully saturated rings. The van der Waals surface area contributed by atoms with Crippen LogP contribution in [0.2, 0.25) is 0 Å². The van der Waals surface area contributed by atoms with Crippen molar-refractivity contribution in [3.05, 3.63) is 310 Å². The van der Waals surface area contributed by atoms with E-state index in [0.29, 0.717) is 34.9 Å². The summed E-state index contributed by atoms with van der Waals surface area (Å²) in [5.74, 6) is 3.82. The van der Waals surface area contributed by atoms with E-state index in [4.69, 9.17) is 29.9 Å². The third-order valence-electron chi connectivity index (χ3n) is 15.6. The summed E-state index contributed by atoms with van der Waals surface area (Å²) in [7, 11) is 0. The molecule has 4 aliphatic carbocycles. The minimum atomic E-state index is -0.645. The molecule has 2 unspecified atom stereocenters. The van der Waals surface area contributed by atoms with Gasteiger partial charge in [-0.2, -0.15) is 0 Å². The minimum Gasteiger partial charge on any atom is -0.208 e. The topological polar surface area (TPSA) is 77.3 Å². The zero-order chi connectivity index (χ0) is 49.5. The highest BCUT2D eigenvalue weighted by Crippen LogP contribution is 2.59. The Hall–Kier alpha value is -9.78. The van der Waals surface area contributed by atoms with Crippen molar-refractivity contribution in [2.75, 3.05) is 0 Å². The summed E-state index contributed by atoms with van der Waals surface area (Å²) in [6.07, 6.45) is 0. The van der Waals surface area contributed by atoms with Gasteiger partial charge in [-0.1, -0.05) is 243 Å². The first kappa shape index (κ1) is 42.9. The Bertz CT molecular complexity index is 4080. The van der Waals surface area contributed by atoms with Crippen LogP contribution in [0.1, 0.15) is 67.5 Å².